The first-order chi connectivity index (χ1) is 7.64. The SMILES string of the molecule is CC.CCC(O)(CC)C(C)c1ccccc1. The summed E-state index contributed by atoms with van der Waals surface area (Å²) in [5, 5.41) is 10.4. The zero-order valence-electron chi connectivity index (χ0n) is 11.3. The molecule has 1 aromatic carbocycles. The van der Waals surface area contributed by atoms with E-state index < -0.39 is 5.60 Å². The van der Waals surface area contributed by atoms with Crippen LogP contribution in [0.5, 0.6) is 0 Å². The first kappa shape index (κ1) is 15.2. The number of rotatable bonds is 4. The first-order valence-corrected chi connectivity index (χ1v) is 6.41. The molecule has 1 N–H and O–H groups in total. The van der Waals surface area contributed by atoms with Crippen molar-refractivity contribution < 1.29 is 5.11 Å². The standard InChI is InChI=1S/C13H20O.C2H6/c1-4-13(14,5-2)11(3)12-9-7-6-8-10-12;1-2/h6-11,14H,4-5H2,1-3H3;1-2H3. The van der Waals surface area contributed by atoms with E-state index in [0.29, 0.717) is 0 Å². The third-order valence-corrected chi connectivity index (χ3v) is 3.33. The normalized spacial score (nSPS) is 12.6. The molecule has 0 spiro atoms. The smallest absolute Gasteiger partial charge is 0.0708 e. The zero-order chi connectivity index (χ0) is 12.6. The second-order valence-electron chi connectivity index (χ2n) is 3.94. The maximum Gasteiger partial charge on any atom is 0.0708 e. The average Bonchev–Trinajstić information content (AvgIpc) is 2.40. The molecule has 0 aliphatic rings. The van der Waals surface area contributed by atoms with Crippen molar-refractivity contribution >= 4 is 0 Å². The highest BCUT2D eigenvalue weighted by Gasteiger charge is 2.30. The van der Waals surface area contributed by atoms with Gasteiger partial charge in [0.1, 0.15) is 0 Å². The fraction of sp³-hybridized carbons (Fsp3) is 0.600. The van der Waals surface area contributed by atoms with E-state index in [9.17, 15) is 5.11 Å². The third kappa shape index (κ3) is 3.64. The van der Waals surface area contributed by atoms with E-state index >= 15 is 0 Å². The molecule has 0 fully saturated rings. The summed E-state index contributed by atoms with van der Waals surface area (Å²) in [5.41, 5.74) is 0.667. The van der Waals surface area contributed by atoms with Crippen molar-refractivity contribution in [2.75, 3.05) is 0 Å². The Bertz CT molecular complexity index is 262. The molecule has 1 nitrogen and oxygen atoms in total. The second-order valence-corrected chi connectivity index (χ2v) is 3.94. The van der Waals surface area contributed by atoms with Crippen molar-refractivity contribution in [2.45, 2.75) is 59.0 Å². The molecule has 0 aromatic heterocycles. The van der Waals surface area contributed by atoms with Gasteiger partial charge in [-0.15, -0.1) is 0 Å². The highest BCUT2D eigenvalue weighted by Crippen LogP contribution is 2.32. The number of benzene rings is 1. The summed E-state index contributed by atoms with van der Waals surface area (Å²) in [6, 6.07) is 10.2. The summed E-state index contributed by atoms with van der Waals surface area (Å²) in [5.74, 6) is 0.207. The number of hydrogen-bond donors (Lipinski definition) is 1. The van der Waals surface area contributed by atoms with Gasteiger partial charge >= 0.3 is 0 Å². The van der Waals surface area contributed by atoms with Gasteiger partial charge in [-0.25, -0.2) is 0 Å². The van der Waals surface area contributed by atoms with Crippen LogP contribution in [0.1, 0.15) is 58.9 Å². The third-order valence-electron chi connectivity index (χ3n) is 3.33. The van der Waals surface area contributed by atoms with Gasteiger partial charge in [0.05, 0.1) is 5.60 Å². The fourth-order valence-corrected chi connectivity index (χ4v) is 1.91. The van der Waals surface area contributed by atoms with E-state index in [2.05, 4.69) is 19.1 Å². The Morgan fingerprint density at radius 3 is 1.88 bits per heavy atom. The molecule has 1 rings (SSSR count). The Labute approximate surface area is 101 Å². The van der Waals surface area contributed by atoms with Crippen molar-refractivity contribution in [2.24, 2.45) is 0 Å². The van der Waals surface area contributed by atoms with Crippen LogP contribution in [0.25, 0.3) is 0 Å². The van der Waals surface area contributed by atoms with Crippen LogP contribution < -0.4 is 0 Å². The van der Waals surface area contributed by atoms with Crippen molar-refractivity contribution in [3.8, 4) is 0 Å². The van der Waals surface area contributed by atoms with E-state index in [4.69, 9.17) is 0 Å². The summed E-state index contributed by atoms with van der Waals surface area (Å²) in [6.07, 6.45) is 1.61. The van der Waals surface area contributed by atoms with Crippen molar-refractivity contribution in [3.63, 3.8) is 0 Å². The largest absolute Gasteiger partial charge is 0.389 e. The van der Waals surface area contributed by atoms with Crippen LogP contribution in [0.2, 0.25) is 0 Å². The average molecular weight is 222 g/mol. The molecule has 0 bridgehead atoms. The highest BCUT2D eigenvalue weighted by molar-refractivity contribution is 5.21. The number of aliphatic hydroxyl groups is 1. The molecule has 0 radical (unpaired) electrons. The summed E-state index contributed by atoms with van der Waals surface area (Å²) in [4.78, 5) is 0. The highest BCUT2D eigenvalue weighted by atomic mass is 16.3. The molecule has 1 aromatic rings. The van der Waals surface area contributed by atoms with E-state index in [0.717, 1.165) is 12.8 Å². The van der Waals surface area contributed by atoms with Gasteiger partial charge in [0.2, 0.25) is 0 Å². The minimum atomic E-state index is -0.554. The van der Waals surface area contributed by atoms with Gasteiger partial charge in [-0.1, -0.05) is 65.0 Å². The lowest BCUT2D eigenvalue weighted by atomic mass is 9.80. The fourth-order valence-electron chi connectivity index (χ4n) is 1.91. The molecule has 0 heterocycles. The van der Waals surface area contributed by atoms with Crippen molar-refractivity contribution in [3.05, 3.63) is 35.9 Å². The Morgan fingerprint density at radius 2 is 1.50 bits per heavy atom. The van der Waals surface area contributed by atoms with Crippen LogP contribution >= 0.6 is 0 Å². The van der Waals surface area contributed by atoms with Gasteiger partial charge in [0, 0.05) is 5.92 Å². The lowest BCUT2D eigenvalue weighted by Gasteiger charge is -2.32. The Morgan fingerprint density at radius 1 is 1.06 bits per heavy atom. The molecule has 0 aliphatic carbocycles. The van der Waals surface area contributed by atoms with Gasteiger partial charge in [-0.2, -0.15) is 0 Å². The minimum absolute atomic E-state index is 0.207. The molecular formula is C15H26O. The molecule has 0 saturated carbocycles. The molecular weight excluding hydrogens is 196 g/mol. The van der Waals surface area contributed by atoms with E-state index in [1.807, 2.05) is 45.9 Å². The van der Waals surface area contributed by atoms with Crippen LogP contribution in [0.4, 0.5) is 0 Å². The summed E-state index contributed by atoms with van der Waals surface area (Å²) < 4.78 is 0. The summed E-state index contributed by atoms with van der Waals surface area (Å²) in [6.45, 7) is 10.2. The molecule has 0 amide bonds. The maximum absolute atomic E-state index is 10.4. The van der Waals surface area contributed by atoms with Crippen LogP contribution in [0, 0.1) is 0 Å². The minimum Gasteiger partial charge on any atom is -0.389 e. The molecule has 0 saturated heterocycles. The van der Waals surface area contributed by atoms with Gasteiger partial charge in [-0.05, 0) is 18.4 Å². The van der Waals surface area contributed by atoms with Gasteiger partial charge in [0.25, 0.3) is 0 Å². The number of hydrogen-bond acceptors (Lipinski definition) is 1. The molecule has 1 heteroatoms. The van der Waals surface area contributed by atoms with Gasteiger partial charge in [0.15, 0.2) is 0 Å². The lowest BCUT2D eigenvalue weighted by molar-refractivity contribution is 0.00944. The molecule has 1 unspecified atom stereocenters. The molecule has 16 heavy (non-hydrogen) atoms. The van der Waals surface area contributed by atoms with Crippen molar-refractivity contribution in [1.82, 2.24) is 0 Å². The lowest BCUT2D eigenvalue weighted by Crippen LogP contribution is -2.33. The zero-order valence-corrected chi connectivity index (χ0v) is 11.3. The Balaban J connectivity index is 0.00000106. The van der Waals surface area contributed by atoms with Gasteiger partial charge in [-0.3, -0.25) is 0 Å². The Hall–Kier alpha value is -0.820. The van der Waals surface area contributed by atoms with E-state index in [1.165, 1.54) is 5.56 Å². The first-order valence-electron chi connectivity index (χ1n) is 6.41. The van der Waals surface area contributed by atoms with Crippen LogP contribution in [0.3, 0.4) is 0 Å². The van der Waals surface area contributed by atoms with Crippen molar-refractivity contribution in [1.29, 1.82) is 0 Å². The molecule has 0 aliphatic heterocycles. The van der Waals surface area contributed by atoms with Gasteiger partial charge < -0.3 is 5.11 Å². The van der Waals surface area contributed by atoms with Crippen LogP contribution in [-0.2, 0) is 0 Å². The summed E-state index contributed by atoms with van der Waals surface area (Å²) >= 11 is 0. The second kappa shape index (κ2) is 7.45. The monoisotopic (exact) mass is 222 g/mol. The quantitative estimate of drug-likeness (QED) is 0.802. The summed E-state index contributed by atoms with van der Waals surface area (Å²) in [7, 11) is 0. The predicted octanol–water partition coefficient (Wildman–Crippen LogP) is 4.37. The van der Waals surface area contributed by atoms with Crippen LogP contribution in [0.15, 0.2) is 30.3 Å². The van der Waals surface area contributed by atoms with E-state index in [1.54, 1.807) is 0 Å². The predicted molar refractivity (Wildman–Crippen MR) is 71.7 cm³/mol. The molecule has 1 atom stereocenters. The maximum atomic E-state index is 10.4. The molecule has 92 valence electrons. The topological polar surface area (TPSA) is 20.2 Å². The van der Waals surface area contributed by atoms with Crippen LogP contribution in [-0.4, -0.2) is 10.7 Å². The van der Waals surface area contributed by atoms with E-state index in [-0.39, 0.29) is 5.92 Å². The Kier molecular flexibility index (Phi) is 7.07.